The number of thiocarbonyl (C=S) groups is 1. The maximum absolute atomic E-state index is 12.6. The van der Waals surface area contributed by atoms with E-state index in [4.69, 9.17) is 23.8 Å². The average Bonchev–Trinajstić information content (AvgIpc) is 2.79. The van der Waals surface area contributed by atoms with Gasteiger partial charge in [0.15, 0.2) is 0 Å². The normalized spacial score (nSPS) is 22.3. The number of piperidine rings is 1. The average molecular weight is 367 g/mol. The lowest BCUT2D eigenvalue weighted by atomic mass is 10.00. The van der Waals surface area contributed by atoms with Gasteiger partial charge in [0, 0.05) is 18.1 Å². The third kappa shape index (κ3) is 3.97. The molecule has 1 aromatic rings. The molecule has 2 aliphatic heterocycles. The van der Waals surface area contributed by atoms with Crippen LogP contribution in [0.3, 0.4) is 0 Å². The first kappa shape index (κ1) is 17.0. The van der Waals surface area contributed by atoms with Crippen LogP contribution in [0.1, 0.15) is 25.3 Å². The Morgan fingerprint density at radius 1 is 1.35 bits per heavy atom. The minimum Gasteiger partial charge on any atom is -0.286 e. The molecule has 2 fully saturated rings. The van der Waals surface area contributed by atoms with Crippen molar-refractivity contribution < 1.29 is 4.79 Å². The molecule has 3 nitrogen and oxygen atoms in total. The van der Waals surface area contributed by atoms with Crippen LogP contribution in [0.2, 0.25) is 5.02 Å². The summed E-state index contributed by atoms with van der Waals surface area (Å²) in [5, 5.41) is 0.641. The van der Waals surface area contributed by atoms with E-state index in [1.54, 1.807) is 4.90 Å². The monoisotopic (exact) mass is 366 g/mol. The first-order valence-corrected chi connectivity index (χ1v) is 9.37. The van der Waals surface area contributed by atoms with E-state index in [2.05, 4.69) is 11.8 Å². The third-order valence-corrected chi connectivity index (χ3v) is 6.01. The van der Waals surface area contributed by atoms with Crippen LogP contribution in [0.25, 0.3) is 6.08 Å². The predicted octanol–water partition coefficient (Wildman–Crippen LogP) is 4.23. The summed E-state index contributed by atoms with van der Waals surface area (Å²) in [5.74, 6) is 0.760. The van der Waals surface area contributed by atoms with Crippen LogP contribution in [0.5, 0.6) is 0 Å². The van der Waals surface area contributed by atoms with Crippen LogP contribution in [-0.2, 0) is 4.79 Å². The molecule has 0 bridgehead atoms. The molecule has 0 aromatic heterocycles. The van der Waals surface area contributed by atoms with Crippen molar-refractivity contribution in [1.29, 1.82) is 0 Å². The lowest BCUT2D eigenvalue weighted by Crippen LogP contribution is -2.43. The lowest BCUT2D eigenvalue weighted by Gasteiger charge is -2.32. The fourth-order valence-electron chi connectivity index (χ4n) is 2.76. The second-order valence-corrected chi connectivity index (χ2v) is 8.16. The maximum Gasteiger partial charge on any atom is 0.267 e. The fourth-order valence-corrected chi connectivity index (χ4v) is 4.18. The van der Waals surface area contributed by atoms with Gasteiger partial charge in [-0.05, 0) is 36.5 Å². The van der Waals surface area contributed by atoms with Gasteiger partial charge in [0.05, 0.1) is 11.6 Å². The van der Waals surface area contributed by atoms with Crippen LogP contribution in [0.15, 0.2) is 29.2 Å². The Bertz CT molecular complexity index is 654. The van der Waals surface area contributed by atoms with Gasteiger partial charge in [-0.1, -0.05) is 60.7 Å². The zero-order valence-corrected chi connectivity index (χ0v) is 15.4. The number of nitrogens with zero attached hydrogens (tertiary/aromatic N) is 2. The zero-order valence-electron chi connectivity index (χ0n) is 13.0. The highest BCUT2D eigenvalue weighted by molar-refractivity contribution is 8.26. The van der Waals surface area contributed by atoms with Crippen molar-refractivity contribution in [3.8, 4) is 0 Å². The van der Waals surface area contributed by atoms with Crippen molar-refractivity contribution in [3.05, 3.63) is 39.8 Å². The summed E-state index contributed by atoms with van der Waals surface area (Å²) in [6.07, 6.45) is 4.20. The van der Waals surface area contributed by atoms with Gasteiger partial charge in [-0.25, -0.2) is 0 Å². The molecule has 0 spiro atoms. The van der Waals surface area contributed by atoms with E-state index in [9.17, 15) is 4.79 Å². The molecule has 0 radical (unpaired) electrons. The van der Waals surface area contributed by atoms with E-state index in [1.807, 2.05) is 30.3 Å². The summed E-state index contributed by atoms with van der Waals surface area (Å²) in [4.78, 5) is 17.3. The Morgan fingerprint density at radius 2 is 2.04 bits per heavy atom. The van der Waals surface area contributed by atoms with Gasteiger partial charge in [-0.2, -0.15) is 0 Å². The van der Waals surface area contributed by atoms with Gasteiger partial charge < -0.3 is 0 Å². The molecule has 2 heterocycles. The maximum atomic E-state index is 12.6. The molecule has 2 saturated heterocycles. The largest absolute Gasteiger partial charge is 0.286 e. The predicted molar refractivity (Wildman–Crippen MR) is 101 cm³/mol. The number of amides is 1. The number of hydrogen-bond donors (Lipinski definition) is 0. The zero-order chi connectivity index (χ0) is 16.4. The first-order chi connectivity index (χ1) is 11.0. The van der Waals surface area contributed by atoms with Gasteiger partial charge in [-0.3, -0.25) is 14.6 Å². The molecule has 0 atom stereocenters. The Balaban J connectivity index is 1.71. The molecule has 23 heavy (non-hydrogen) atoms. The molecule has 0 N–H and O–H groups in total. The number of hydrogen-bond acceptors (Lipinski definition) is 4. The standard InChI is InChI=1S/C17H19ClN2OS2/c1-12-6-8-19(9-7-12)11-20-16(21)15(23-17(20)22)10-13-4-2-3-5-14(13)18/h2-5,10,12H,6-9,11H2,1H3. The molecule has 2 aliphatic rings. The Kier molecular flexibility index (Phi) is 5.42. The SMILES string of the molecule is CC1CCN(CN2C(=O)C(=Cc3ccccc3Cl)SC2=S)CC1. The molecular weight excluding hydrogens is 348 g/mol. The summed E-state index contributed by atoms with van der Waals surface area (Å²) in [5.41, 5.74) is 0.849. The summed E-state index contributed by atoms with van der Waals surface area (Å²) < 4.78 is 0.631. The van der Waals surface area contributed by atoms with Gasteiger partial charge >= 0.3 is 0 Å². The molecule has 1 aromatic carbocycles. The minimum absolute atomic E-state index is 0.0152. The van der Waals surface area contributed by atoms with Crippen LogP contribution >= 0.6 is 35.6 Å². The van der Waals surface area contributed by atoms with Crippen LogP contribution < -0.4 is 0 Å². The molecule has 6 heteroatoms. The van der Waals surface area contributed by atoms with E-state index in [0.29, 0.717) is 20.9 Å². The number of likely N-dealkylation sites (tertiary alicyclic amines) is 1. The number of carbonyl (C=O) groups is 1. The van der Waals surface area contributed by atoms with Crippen molar-refractivity contribution in [3.63, 3.8) is 0 Å². The number of carbonyl (C=O) groups excluding carboxylic acids is 1. The number of thioether (sulfide) groups is 1. The molecule has 0 aliphatic carbocycles. The smallest absolute Gasteiger partial charge is 0.267 e. The Morgan fingerprint density at radius 3 is 2.74 bits per heavy atom. The molecule has 122 valence electrons. The highest BCUT2D eigenvalue weighted by Gasteiger charge is 2.33. The van der Waals surface area contributed by atoms with Crippen LogP contribution in [-0.4, -0.2) is 39.8 Å². The van der Waals surface area contributed by atoms with Crippen molar-refractivity contribution >= 4 is 51.9 Å². The highest BCUT2D eigenvalue weighted by Crippen LogP contribution is 2.34. The molecule has 1 amide bonds. The third-order valence-electron chi connectivity index (χ3n) is 4.28. The fraction of sp³-hybridized carbons (Fsp3) is 0.412. The van der Waals surface area contributed by atoms with Gasteiger partial charge in [0.1, 0.15) is 4.32 Å². The van der Waals surface area contributed by atoms with Crippen LogP contribution in [0, 0.1) is 5.92 Å². The second kappa shape index (κ2) is 7.34. The summed E-state index contributed by atoms with van der Waals surface area (Å²) in [6.45, 7) is 4.93. The van der Waals surface area contributed by atoms with E-state index >= 15 is 0 Å². The quantitative estimate of drug-likeness (QED) is 0.590. The topological polar surface area (TPSA) is 23.6 Å². The molecule has 0 saturated carbocycles. The molecule has 3 rings (SSSR count). The summed E-state index contributed by atoms with van der Waals surface area (Å²) in [7, 11) is 0. The van der Waals surface area contributed by atoms with Crippen molar-refractivity contribution in [2.24, 2.45) is 5.92 Å². The van der Waals surface area contributed by atoms with Gasteiger partial charge in [-0.15, -0.1) is 0 Å². The van der Waals surface area contributed by atoms with Crippen molar-refractivity contribution in [2.75, 3.05) is 19.8 Å². The number of benzene rings is 1. The van der Waals surface area contributed by atoms with E-state index in [1.165, 1.54) is 24.6 Å². The lowest BCUT2D eigenvalue weighted by molar-refractivity contribution is -0.123. The summed E-state index contributed by atoms with van der Waals surface area (Å²) >= 11 is 12.9. The van der Waals surface area contributed by atoms with E-state index in [0.717, 1.165) is 24.6 Å². The van der Waals surface area contributed by atoms with E-state index < -0.39 is 0 Å². The van der Waals surface area contributed by atoms with Gasteiger partial charge in [0.25, 0.3) is 5.91 Å². The Labute approximate surface area is 151 Å². The molecule has 0 unspecified atom stereocenters. The van der Waals surface area contributed by atoms with Gasteiger partial charge in [0.2, 0.25) is 0 Å². The minimum atomic E-state index is -0.0152. The van der Waals surface area contributed by atoms with Crippen molar-refractivity contribution in [1.82, 2.24) is 9.80 Å². The first-order valence-electron chi connectivity index (χ1n) is 7.77. The van der Waals surface area contributed by atoms with Crippen LogP contribution in [0.4, 0.5) is 0 Å². The second-order valence-electron chi connectivity index (χ2n) is 6.07. The molecular formula is C17H19ClN2OS2. The highest BCUT2D eigenvalue weighted by atomic mass is 35.5. The van der Waals surface area contributed by atoms with Crippen molar-refractivity contribution in [2.45, 2.75) is 19.8 Å². The van der Waals surface area contributed by atoms with E-state index in [-0.39, 0.29) is 5.91 Å². The number of halogens is 1. The Hall–Kier alpha value is -0.880. The number of rotatable bonds is 3. The summed E-state index contributed by atoms with van der Waals surface area (Å²) in [6, 6.07) is 7.51.